The van der Waals surface area contributed by atoms with Gasteiger partial charge < -0.3 is 0 Å². The first-order valence-electron chi connectivity index (χ1n) is 9.21. The highest BCUT2D eigenvalue weighted by Gasteiger charge is 2.14. The van der Waals surface area contributed by atoms with Crippen molar-refractivity contribution >= 4 is 23.0 Å². The third-order valence-electron chi connectivity index (χ3n) is 4.69. The maximum Gasteiger partial charge on any atom is 0.273 e. The van der Waals surface area contributed by atoms with Crippen LogP contribution in [-0.2, 0) is 5.41 Å². The zero-order valence-electron chi connectivity index (χ0n) is 16.9. The van der Waals surface area contributed by atoms with Crippen molar-refractivity contribution < 1.29 is 0 Å². The minimum atomic E-state index is -0.234. The van der Waals surface area contributed by atoms with Gasteiger partial charge in [-0.25, -0.2) is 0 Å². The molecular weight excluding hydrogens is 378 g/mol. The number of nitriles is 2. The zero-order valence-corrected chi connectivity index (χ0v) is 17.7. The summed E-state index contributed by atoms with van der Waals surface area (Å²) >= 11 is 1.16. The first kappa shape index (κ1) is 20.3. The van der Waals surface area contributed by atoms with Crippen molar-refractivity contribution in [3.63, 3.8) is 0 Å². The normalized spacial score (nSPS) is 11.7. The minimum Gasteiger partial charge on any atom is -0.267 e. The van der Waals surface area contributed by atoms with E-state index in [4.69, 9.17) is 0 Å². The summed E-state index contributed by atoms with van der Waals surface area (Å²) < 4.78 is 2.30. The van der Waals surface area contributed by atoms with Crippen molar-refractivity contribution in [3.8, 4) is 17.8 Å². The van der Waals surface area contributed by atoms with E-state index < -0.39 is 0 Å². The van der Waals surface area contributed by atoms with Crippen LogP contribution in [0.5, 0.6) is 0 Å². The first-order valence-corrected chi connectivity index (χ1v) is 10.0. The Morgan fingerprint density at radius 1 is 1.03 bits per heavy atom. The Balaban J connectivity index is 2.30. The van der Waals surface area contributed by atoms with Gasteiger partial charge in [0.1, 0.15) is 16.8 Å². The number of para-hydroxylation sites is 1. The van der Waals surface area contributed by atoms with Gasteiger partial charge in [0.2, 0.25) is 0 Å². The minimum absolute atomic E-state index is 0.0512. The van der Waals surface area contributed by atoms with Crippen LogP contribution in [0, 0.1) is 29.6 Å². The van der Waals surface area contributed by atoms with Crippen LogP contribution < -0.4 is 14.8 Å². The van der Waals surface area contributed by atoms with Crippen molar-refractivity contribution in [2.75, 3.05) is 0 Å². The Morgan fingerprint density at radius 2 is 1.66 bits per heavy atom. The lowest BCUT2D eigenvalue weighted by Crippen LogP contribution is -2.31. The molecule has 3 rings (SSSR count). The molecule has 29 heavy (non-hydrogen) atoms. The third-order valence-corrected chi connectivity index (χ3v) is 5.78. The summed E-state index contributed by atoms with van der Waals surface area (Å²) in [5, 5.41) is 18.8. The second kappa shape index (κ2) is 7.91. The number of benzene rings is 2. The predicted molar refractivity (Wildman–Crippen MR) is 117 cm³/mol. The van der Waals surface area contributed by atoms with Gasteiger partial charge in [-0.05, 0) is 41.2 Å². The van der Waals surface area contributed by atoms with Crippen LogP contribution in [-0.4, -0.2) is 4.57 Å². The van der Waals surface area contributed by atoms with Gasteiger partial charge in [0.05, 0.1) is 10.2 Å². The number of nitrogens with zero attached hydrogens (tertiary/aromatic N) is 3. The highest BCUT2D eigenvalue weighted by molar-refractivity contribution is 7.07. The monoisotopic (exact) mass is 399 g/mol. The number of rotatable bonds is 2. The summed E-state index contributed by atoms with van der Waals surface area (Å²) in [5.74, 6) is 0. The van der Waals surface area contributed by atoms with Crippen LogP contribution in [0.1, 0.15) is 37.5 Å². The molecule has 0 atom stereocenters. The Kier molecular flexibility index (Phi) is 5.55. The molecule has 0 fully saturated rings. The van der Waals surface area contributed by atoms with E-state index in [2.05, 4.69) is 32.9 Å². The second-order valence-corrected chi connectivity index (χ2v) is 8.84. The molecule has 0 aliphatic heterocycles. The summed E-state index contributed by atoms with van der Waals surface area (Å²) in [7, 11) is 0. The van der Waals surface area contributed by atoms with E-state index in [1.165, 1.54) is 10.1 Å². The molecule has 2 aromatic carbocycles. The lowest BCUT2D eigenvalue weighted by molar-refractivity contribution is 0.590. The molecule has 1 aromatic heterocycles. The van der Waals surface area contributed by atoms with E-state index >= 15 is 0 Å². The fourth-order valence-electron chi connectivity index (χ4n) is 3.03. The summed E-state index contributed by atoms with van der Waals surface area (Å²) in [6.45, 7) is 8.36. The van der Waals surface area contributed by atoms with Gasteiger partial charge in [-0.15, -0.1) is 11.3 Å². The van der Waals surface area contributed by atoms with Gasteiger partial charge in [-0.2, -0.15) is 10.5 Å². The highest BCUT2D eigenvalue weighted by Crippen LogP contribution is 2.22. The van der Waals surface area contributed by atoms with Gasteiger partial charge in [0, 0.05) is 0 Å². The average Bonchev–Trinajstić information content (AvgIpc) is 2.99. The van der Waals surface area contributed by atoms with Crippen LogP contribution in [0.25, 0.3) is 17.3 Å². The molecule has 0 amide bonds. The van der Waals surface area contributed by atoms with Gasteiger partial charge in [-0.1, -0.05) is 63.2 Å². The summed E-state index contributed by atoms with van der Waals surface area (Å²) in [6.07, 6.45) is 1.81. The van der Waals surface area contributed by atoms with Gasteiger partial charge in [-0.3, -0.25) is 9.36 Å². The summed E-state index contributed by atoms with van der Waals surface area (Å²) in [6, 6.07) is 19.4. The topological polar surface area (TPSA) is 69.6 Å². The lowest BCUT2D eigenvalue weighted by atomic mass is 9.87. The van der Waals surface area contributed by atoms with Crippen molar-refractivity contribution in [2.24, 2.45) is 0 Å². The van der Waals surface area contributed by atoms with E-state index in [1.54, 1.807) is 0 Å². The molecule has 5 heteroatoms. The maximum atomic E-state index is 13.2. The standard InChI is InChI=1S/C24H21N3OS/c1-16-7-5-6-8-20(16)27-22(28)21(29-23(27)18(14-25)15-26)13-17-9-11-19(12-10-17)24(2,3)4/h5-13H,1-4H3/b21-13+. The SMILES string of the molecule is Cc1ccccc1-n1c(=C(C#N)C#N)s/c(=C/c2ccc(C(C)(C)C)cc2)c1=O. The van der Waals surface area contributed by atoms with Crippen molar-refractivity contribution in [2.45, 2.75) is 33.1 Å². The van der Waals surface area contributed by atoms with E-state index in [1.807, 2.05) is 61.5 Å². The second-order valence-electron chi connectivity index (χ2n) is 7.81. The molecule has 0 aliphatic rings. The molecule has 0 saturated carbocycles. The largest absolute Gasteiger partial charge is 0.273 e. The lowest BCUT2D eigenvalue weighted by Gasteiger charge is -2.18. The molecular formula is C24H21N3OS. The Morgan fingerprint density at radius 3 is 2.21 bits per heavy atom. The zero-order chi connectivity index (χ0) is 21.2. The van der Waals surface area contributed by atoms with E-state index in [0.29, 0.717) is 14.9 Å². The van der Waals surface area contributed by atoms with Crippen LogP contribution in [0.2, 0.25) is 0 Å². The highest BCUT2D eigenvalue weighted by atomic mass is 32.1. The van der Waals surface area contributed by atoms with Crippen LogP contribution >= 0.6 is 11.3 Å². The first-order chi connectivity index (χ1) is 13.8. The van der Waals surface area contributed by atoms with Crippen molar-refractivity contribution in [1.29, 1.82) is 10.5 Å². The molecule has 0 unspecified atom stereocenters. The molecule has 0 saturated heterocycles. The molecule has 0 N–H and O–H groups in total. The molecule has 0 radical (unpaired) electrons. The third kappa shape index (κ3) is 4.06. The molecule has 0 aliphatic carbocycles. The van der Waals surface area contributed by atoms with E-state index in [0.717, 1.165) is 22.5 Å². The summed E-state index contributed by atoms with van der Waals surface area (Å²) in [4.78, 5) is 13.2. The molecule has 144 valence electrons. The summed E-state index contributed by atoms with van der Waals surface area (Å²) in [5.41, 5.74) is 3.42. The molecule has 0 spiro atoms. The Labute approximate surface area is 173 Å². The van der Waals surface area contributed by atoms with Crippen LogP contribution in [0.4, 0.5) is 0 Å². The molecule has 3 aromatic rings. The number of aryl methyl sites for hydroxylation is 1. The Bertz CT molecular complexity index is 1310. The fraction of sp³-hybridized carbons (Fsp3) is 0.208. The Hall–Kier alpha value is -3.41. The molecule has 4 nitrogen and oxygen atoms in total. The van der Waals surface area contributed by atoms with E-state index in [9.17, 15) is 15.3 Å². The maximum absolute atomic E-state index is 13.2. The van der Waals surface area contributed by atoms with Crippen molar-refractivity contribution in [1.82, 2.24) is 4.57 Å². The molecule has 0 bridgehead atoms. The van der Waals surface area contributed by atoms with Crippen molar-refractivity contribution in [3.05, 3.63) is 84.8 Å². The average molecular weight is 400 g/mol. The van der Waals surface area contributed by atoms with Gasteiger partial charge in [0.15, 0.2) is 5.57 Å². The quantitative estimate of drug-likeness (QED) is 0.662. The fourth-order valence-corrected chi connectivity index (χ4v) is 4.08. The number of hydrogen-bond donors (Lipinski definition) is 0. The van der Waals surface area contributed by atoms with Gasteiger partial charge >= 0.3 is 0 Å². The number of aromatic nitrogens is 1. The smallest absolute Gasteiger partial charge is 0.267 e. The van der Waals surface area contributed by atoms with E-state index in [-0.39, 0.29) is 16.5 Å². The van der Waals surface area contributed by atoms with Crippen LogP contribution in [0.15, 0.2) is 53.3 Å². The van der Waals surface area contributed by atoms with Crippen LogP contribution in [0.3, 0.4) is 0 Å². The number of thiazole rings is 1. The predicted octanol–water partition coefficient (Wildman–Crippen LogP) is 3.53. The number of hydrogen-bond acceptors (Lipinski definition) is 4. The molecule has 1 heterocycles. The van der Waals surface area contributed by atoms with Gasteiger partial charge in [0.25, 0.3) is 5.56 Å².